The molecule has 9 heteroatoms. The van der Waals surface area contributed by atoms with Gasteiger partial charge in [0.2, 0.25) is 0 Å². The highest BCUT2D eigenvalue weighted by molar-refractivity contribution is 5.81. The van der Waals surface area contributed by atoms with Gasteiger partial charge in [-0.2, -0.15) is 0 Å². The SMILES string of the molecule is CC1CCC(C(C)C)C(OCC(=O)CN2CC(C)OC(C)C2)C1.CC1CCC(C(C)C)C(OCC(O)CN2CC(C)OC(C)C2)C1.O. The quantitative estimate of drug-likeness (QED) is 0.300. The lowest BCUT2D eigenvalue weighted by molar-refractivity contribution is -0.133. The van der Waals surface area contributed by atoms with E-state index in [4.69, 9.17) is 18.9 Å². The molecule has 0 spiro atoms. The van der Waals surface area contributed by atoms with Gasteiger partial charge < -0.3 is 29.5 Å². The van der Waals surface area contributed by atoms with E-state index >= 15 is 0 Å². The number of aliphatic hydroxyl groups is 1. The lowest BCUT2D eigenvalue weighted by Gasteiger charge is -2.38. The van der Waals surface area contributed by atoms with Crippen molar-refractivity contribution in [3.63, 3.8) is 0 Å². The van der Waals surface area contributed by atoms with E-state index in [1.807, 2.05) is 0 Å². The third-order valence-electron chi connectivity index (χ3n) is 10.7. The summed E-state index contributed by atoms with van der Waals surface area (Å²) in [5.74, 6) is 4.18. The first-order valence-electron chi connectivity index (χ1n) is 18.9. The summed E-state index contributed by atoms with van der Waals surface area (Å²) in [6, 6.07) is 0. The number of carbonyl (C=O) groups excluding carboxylic acids is 1. The molecule has 11 atom stereocenters. The van der Waals surface area contributed by atoms with E-state index in [-0.39, 0.29) is 48.4 Å². The van der Waals surface area contributed by atoms with E-state index in [9.17, 15) is 9.90 Å². The number of hydrogen-bond acceptors (Lipinski definition) is 8. The monoisotopic (exact) mass is 671 g/mol. The van der Waals surface area contributed by atoms with Crippen LogP contribution in [-0.4, -0.2) is 121 Å². The Morgan fingerprint density at radius 2 is 1.13 bits per heavy atom. The van der Waals surface area contributed by atoms with E-state index in [1.165, 1.54) is 25.7 Å². The van der Waals surface area contributed by atoms with Crippen LogP contribution in [0.4, 0.5) is 0 Å². The smallest absolute Gasteiger partial charge is 0.172 e. The summed E-state index contributed by atoms with van der Waals surface area (Å²) in [5.41, 5.74) is 0. The topological polar surface area (TPSA) is 112 Å². The second-order valence-electron chi connectivity index (χ2n) is 16.5. The van der Waals surface area contributed by atoms with Crippen molar-refractivity contribution in [3.8, 4) is 0 Å². The van der Waals surface area contributed by atoms with Crippen molar-refractivity contribution in [2.75, 3.05) is 52.5 Å². The number of ether oxygens (including phenoxy) is 4. The maximum Gasteiger partial charge on any atom is 0.172 e. The van der Waals surface area contributed by atoms with Crippen LogP contribution in [0.3, 0.4) is 0 Å². The molecule has 3 N–H and O–H groups in total. The fourth-order valence-corrected chi connectivity index (χ4v) is 8.54. The van der Waals surface area contributed by atoms with Crippen molar-refractivity contribution in [2.45, 2.75) is 150 Å². The first-order valence-corrected chi connectivity index (χ1v) is 18.9. The van der Waals surface area contributed by atoms with Crippen LogP contribution in [0.25, 0.3) is 0 Å². The number of nitrogens with zero attached hydrogens (tertiary/aromatic N) is 2. The number of carbonyl (C=O) groups is 1. The van der Waals surface area contributed by atoms with Crippen molar-refractivity contribution in [2.24, 2.45) is 35.5 Å². The van der Waals surface area contributed by atoms with Gasteiger partial charge in [0.25, 0.3) is 0 Å². The van der Waals surface area contributed by atoms with Gasteiger partial charge in [-0.05, 0) is 88.9 Å². The van der Waals surface area contributed by atoms with Crippen molar-refractivity contribution in [3.05, 3.63) is 0 Å². The van der Waals surface area contributed by atoms with E-state index in [1.54, 1.807) is 0 Å². The fourth-order valence-electron chi connectivity index (χ4n) is 8.54. The van der Waals surface area contributed by atoms with Crippen molar-refractivity contribution >= 4 is 5.78 Å². The summed E-state index contributed by atoms with van der Waals surface area (Å²) in [5, 5.41) is 10.4. The number of aliphatic hydroxyl groups excluding tert-OH is 1. The number of rotatable bonds is 12. The molecule has 0 radical (unpaired) electrons. The third-order valence-corrected chi connectivity index (χ3v) is 10.7. The van der Waals surface area contributed by atoms with Crippen LogP contribution in [0.15, 0.2) is 0 Å². The lowest BCUT2D eigenvalue weighted by Crippen LogP contribution is -2.49. The van der Waals surface area contributed by atoms with Crippen LogP contribution in [0.1, 0.15) is 108 Å². The molecule has 2 saturated carbocycles. The lowest BCUT2D eigenvalue weighted by atomic mass is 9.75. The standard InChI is InChI=1S/C19H37NO3.C19H35NO3.H2O/c2*1-13(2)18-7-6-14(3)8-19(18)22-12-17(21)11-20-9-15(4)23-16(5)10-20;/h13-19,21H,6-12H2,1-5H3;13-16,18-19H,6-12H2,1-5H3;1H2. The molecule has 278 valence electrons. The molecular weight excluding hydrogens is 596 g/mol. The predicted octanol–water partition coefficient (Wildman–Crippen LogP) is 5.25. The zero-order valence-corrected chi connectivity index (χ0v) is 31.8. The molecule has 4 fully saturated rings. The van der Waals surface area contributed by atoms with E-state index in [0.29, 0.717) is 55.4 Å². The Hall–Kier alpha value is -0.650. The largest absolute Gasteiger partial charge is 0.412 e. The van der Waals surface area contributed by atoms with Gasteiger partial charge in [0.05, 0.1) is 55.9 Å². The summed E-state index contributed by atoms with van der Waals surface area (Å²) < 4.78 is 23.7. The van der Waals surface area contributed by atoms with Crippen molar-refractivity contribution in [1.82, 2.24) is 9.80 Å². The predicted molar refractivity (Wildman–Crippen MR) is 190 cm³/mol. The van der Waals surface area contributed by atoms with Gasteiger partial charge in [0.1, 0.15) is 6.61 Å². The van der Waals surface area contributed by atoms with Crippen LogP contribution in [-0.2, 0) is 23.7 Å². The molecule has 4 aliphatic rings. The normalized spacial score (nSPS) is 36.4. The Morgan fingerprint density at radius 1 is 0.702 bits per heavy atom. The molecule has 0 aromatic heterocycles. The highest BCUT2D eigenvalue weighted by atomic mass is 16.5. The average Bonchev–Trinajstić information content (AvgIpc) is 2.94. The fraction of sp³-hybridized carbons (Fsp3) is 0.974. The van der Waals surface area contributed by atoms with Gasteiger partial charge in [-0.25, -0.2) is 0 Å². The first-order chi connectivity index (χ1) is 21.7. The summed E-state index contributed by atoms with van der Waals surface area (Å²) in [6.45, 7) is 27.5. The molecule has 0 amide bonds. The maximum absolute atomic E-state index is 12.3. The molecule has 0 aromatic carbocycles. The highest BCUT2D eigenvalue weighted by Crippen LogP contribution is 2.36. The van der Waals surface area contributed by atoms with Gasteiger partial charge in [-0.3, -0.25) is 14.6 Å². The number of hydrogen-bond donors (Lipinski definition) is 1. The minimum absolute atomic E-state index is 0. The maximum atomic E-state index is 12.3. The molecule has 2 saturated heterocycles. The Balaban J connectivity index is 0.000000320. The first kappa shape index (κ1) is 42.5. The zero-order valence-electron chi connectivity index (χ0n) is 31.8. The molecule has 2 heterocycles. The van der Waals surface area contributed by atoms with Crippen LogP contribution in [0.5, 0.6) is 0 Å². The molecule has 47 heavy (non-hydrogen) atoms. The average molecular weight is 671 g/mol. The molecule has 0 bridgehead atoms. The molecule has 2 aliphatic carbocycles. The van der Waals surface area contributed by atoms with Crippen molar-refractivity contribution < 1.29 is 34.3 Å². The molecule has 11 unspecified atom stereocenters. The number of morpholine rings is 2. The summed E-state index contributed by atoms with van der Waals surface area (Å²) in [4.78, 5) is 16.8. The van der Waals surface area contributed by atoms with E-state index < -0.39 is 6.10 Å². The van der Waals surface area contributed by atoms with Crippen LogP contribution in [0.2, 0.25) is 0 Å². The molecule has 9 nitrogen and oxygen atoms in total. The summed E-state index contributed by atoms with van der Waals surface area (Å²) in [6.07, 6.45) is 8.41. The Kier molecular flexibility index (Phi) is 18.9. The summed E-state index contributed by atoms with van der Waals surface area (Å²) >= 11 is 0. The Labute approximate surface area is 288 Å². The number of β-amino-alcohol motifs (C(OH)–C–C–N with tert-alkyl or cyclic N) is 1. The number of Topliss-reactive ketones (excluding diaryl/α,β-unsaturated/α-hetero) is 1. The van der Waals surface area contributed by atoms with E-state index in [2.05, 4.69) is 79.0 Å². The highest BCUT2D eigenvalue weighted by Gasteiger charge is 2.33. The van der Waals surface area contributed by atoms with Gasteiger partial charge >= 0.3 is 0 Å². The molecule has 0 aromatic rings. The third kappa shape index (κ3) is 15.0. The molecule has 4 rings (SSSR count). The number of ketones is 1. The van der Waals surface area contributed by atoms with Crippen LogP contribution in [0, 0.1) is 35.5 Å². The van der Waals surface area contributed by atoms with Gasteiger partial charge in [-0.15, -0.1) is 0 Å². The van der Waals surface area contributed by atoms with E-state index in [0.717, 1.165) is 44.9 Å². The minimum atomic E-state index is -0.405. The van der Waals surface area contributed by atoms with Crippen molar-refractivity contribution in [1.29, 1.82) is 0 Å². The van der Waals surface area contributed by atoms with Gasteiger partial charge in [-0.1, -0.05) is 54.4 Å². The Morgan fingerprint density at radius 3 is 1.57 bits per heavy atom. The second kappa shape index (κ2) is 20.9. The Bertz CT molecular complexity index is 855. The minimum Gasteiger partial charge on any atom is -0.412 e. The van der Waals surface area contributed by atoms with Crippen LogP contribution >= 0.6 is 0 Å². The molecular formula is C38H74N2O7. The zero-order chi connectivity index (χ0) is 34.0. The van der Waals surface area contributed by atoms with Gasteiger partial charge in [0, 0.05) is 32.7 Å². The summed E-state index contributed by atoms with van der Waals surface area (Å²) in [7, 11) is 0. The van der Waals surface area contributed by atoms with Crippen LogP contribution < -0.4 is 0 Å². The molecule has 2 aliphatic heterocycles. The van der Waals surface area contributed by atoms with Gasteiger partial charge in [0.15, 0.2) is 5.78 Å². The second-order valence-corrected chi connectivity index (χ2v) is 16.5.